The van der Waals surface area contributed by atoms with E-state index in [1.54, 1.807) is 6.07 Å². The number of carbonyl (C=O) groups excluding carboxylic acids is 1. The van der Waals surface area contributed by atoms with Crippen LogP contribution in [-0.4, -0.2) is 28.2 Å². The predicted molar refractivity (Wildman–Crippen MR) is 66.3 cm³/mol. The second-order valence-corrected chi connectivity index (χ2v) is 4.92. The average Bonchev–Trinajstić information content (AvgIpc) is 2.73. The van der Waals surface area contributed by atoms with Crippen molar-refractivity contribution in [3.8, 4) is 0 Å². The maximum Gasteiger partial charge on any atom is 0.308 e. The minimum Gasteiger partial charge on any atom is -0.481 e. The van der Waals surface area contributed by atoms with Crippen LogP contribution in [0, 0.1) is 5.92 Å². The molecule has 1 amide bonds. The zero-order chi connectivity index (χ0) is 13.7. The predicted octanol–water partition coefficient (Wildman–Crippen LogP) is 1.37. The van der Waals surface area contributed by atoms with Crippen molar-refractivity contribution in [2.45, 2.75) is 44.6 Å². The van der Waals surface area contributed by atoms with E-state index in [1.807, 2.05) is 0 Å². The van der Waals surface area contributed by atoms with Crippen LogP contribution >= 0.6 is 0 Å². The van der Waals surface area contributed by atoms with Crippen LogP contribution in [0.15, 0.2) is 16.9 Å². The molecule has 2 atom stereocenters. The summed E-state index contributed by atoms with van der Waals surface area (Å²) in [5.41, 5.74) is 0.554. The van der Waals surface area contributed by atoms with Crippen molar-refractivity contribution in [2.24, 2.45) is 5.92 Å². The summed E-state index contributed by atoms with van der Waals surface area (Å²) in [5, 5.41) is 15.7. The van der Waals surface area contributed by atoms with Crippen LogP contribution in [0.5, 0.6) is 0 Å². The first kappa shape index (κ1) is 13.6. The zero-order valence-corrected chi connectivity index (χ0v) is 10.7. The summed E-state index contributed by atoms with van der Waals surface area (Å²) < 4.78 is 4.66. The van der Waals surface area contributed by atoms with Gasteiger partial charge in [-0.1, -0.05) is 24.4 Å². The summed E-state index contributed by atoms with van der Waals surface area (Å²) in [7, 11) is 0. The number of carboxylic acid groups (broad SMARTS) is 1. The summed E-state index contributed by atoms with van der Waals surface area (Å²) in [5.74, 6) is -1.51. The Morgan fingerprint density at radius 3 is 2.84 bits per heavy atom. The van der Waals surface area contributed by atoms with Gasteiger partial charge in [0, 0.05) is 12.1 Å². The lowest BCUT2D eigenvalue weighted by Crippen LogP contribution is -2.43. The Bertz CT molecular complexity index is 430. The van der Waals surface area contributed by atoms with E-state index in [0.29, 0.717) is 12.1 Å². The number of amides is 1. The van der Waals surface area contributed by atoms with E-state index in [9.17, 15) is 14.7 Å². The first-order chi connectivity index (χ1) is 9.16. The summed E-state index contributed by atoms with van der Waals surface area (Å²) in [6, 6.07) is 1.35. The highest BCUT2D eigenvalue weighted by Gasteiger charge is 2.30. The second kappa shape index (κ2) is 6.36. The summed E-state index contributed by atoms with van der Waals surface area (Å²) in [6.07, 6.45) is 5.78. The Labute approximate surface area is 111 Å². The van der Waals surface area contributed by atoms with Crippen LogP contribution < -0.4 is 5.32 Å². The molecule has 1 fully saturated rings. The Morgan fingerprint density at radius 2 is 2.16 bits per heavy atom. The Morgan fingerprint density at radius 1 is 1.37 bits per heavy atom. The molecule has 2 rings (SSSR count). The number of hydrogen-bond acceptors (Lipinski definition) is 4. The molecule has 6 heteroatoms. The minimum absolute atomic E-state index is 0.124. The van der Waals surface area contributed by atoms with Crippen molar-refractivity contribution in [3.05, 3.63) is 18.0 Å². The van der Waals surface area contributed by atoms with E-state index in [4.69, 9.17) is 0 Å². The molecule has 0 aromatic carbocycles. The molecular formula is C13H18N2O4. The molecule has 1 saturated carbocycles. The SMILES string of the molecule is O=C(Cc1ccon1)N[C@H]1CCCCC[C@H]1C(=O)O. The van der Waals surface area contributed by atoms with E-state index < -0.39 is 11.9 Å². The lowest BCUT2D eigenvalue weighted by Gasteiger charge is -2.22. The number of carbonyl (C=O) groups is 2. The fourth-order valence-electron chi connectivity index (χ4n) is 2.53. The average molecular weight is 266 g/mol. The third-order valence-electron chi connectivity index (χ3n) is 3.51. The molecule has 2 N–H and O–H groups in total. The van der Waals surface area contributed by atoms with E-state index in [-0.39, 0.29) is 18.4 Å². The lowest BCUT2D eigenvalue weighted by molar-refractivity contribution is -0.143. The second-order valence-electron chi connectivity index (χ2n) is 4.92. The monoisotopic (exact) mass is 266 g/mol. The first-order valence-corrected chi connectivity index (χ1v) is 6.58. The quantitative estimate of drug-likeness (QED) is 0.803. The molecule has 19 heavy (non-hydrogen) atoms. The summed E-state index contributed by atoms with van der Waals surface area (Å²) in [6.45, 7) is 0. The Kier molecular flexibility index (Phi) is 4.54. The van der Waals surface area contributed by atoms with Gasteiger partial charge in [0.2, 0.25) is 5.91 Å². The third kappa shape index (κ3) is 3.81. The molecule has 1 aromatic rings. The minimum atomic E-state index is -0.825. The highest BCUT2D eigenvalue weighted by Crippen LogP contribution is 2.23. The maximum absolute atomic E-state index is 11.9. The largest absolute Gasteiger partial charge is 0.481 e. The molecule has 104 valence electrons. The van der Waals surface area contributed by atoms with Gasteiger partial charge in [0.05, 0.1) is 18.0 Å². The summed E-state index contributed by atoms with van der Waals surface area (Å²) >= 11 is 0. The Hall–Kier alpha value is -1.85. The third-order valence-corrected chi connectivity index (χ3v) is 3.51. The number of nitrogens with one attached hydrogen (secondary N) is 1. The molecule has 0 radical (unpaired) electrons. The van der Waals surface area contributed by atoms with Crippen molar-refractivity contribution in [1.29, 1.82) is 0 Å². The van der Waals surface area contributed by atoms with Crippen molar-refractivity contribution in [1.82, 2.24) is 10.5 Å². The fraction of sp³-hybridized carbons (Fsp3) is 0.615. The van der Waals surface area contributed by atoms with Crippen molar-refractivity contribution in [3.63, 3.8) is 0 Å². The van der Waals surface area contributed by atoms with Gasteiger partial charge < -0.3 is 14.9 Å². The van der Waals surface area contributed by atoms with E-state index in [0.717, 1.165) is 25.7 Å². The van der Waals surface area contributed by atoms with E-state index in [1.165, 1.54) is 6.26 Å². The van der Waals surface area contributed by atoms with Gasteiger partial charge in [-0.2, -0.15) is 0 Å². The van der Waals surface area contributed by atoms with Crippen LogP contribution in [0.1, 0.15) is 37.8 Å². The molecule has 1 aliphatic carbocycles. The van der Waals surface area contributed by atoms with Crippen molar-refractivity contribution in [2.75, 3.05) is 0 Å². The molecule has 0 spiro atoms. The molecule has 0 aliphatic heterocycles. The highest BCUT2D eigenvalue weighted by molar-refractivity contribution is 5.79. The van der Waals surface area contributed by atoms with E-state index in [2.05, 4.69) is 15.0 Å². The topological polar surface area (TPSA) is 92.4 Å². The number of nitrogens with zero attached hydrogens (tertiary/aromatic N) is 1. The molecule has 1 heterocycles. The van der Waals surface area contributed by atoms with Gasteiger partial charge in [0.25, 0.3) is 0 Å². The van der Waals surface area contributed by atoms with Crippen molar-refractivity contribution < 1.29 is 19.2 Å². The first-order valence-electron chi connectivity index (χ1n) is 6.58. The number of aliphatic carboxylic acids is 1. The highest BCUT2D eigenvalue weighted by atomic mass is 16.5. The van der Waals surface area contributed by atoms with Gasteiger partial charge in [-0.15, -0.1) is 0 Å². The molecule has 0 unspecified atom stereocenters. The zero-order valence-electron chi connectivity index (χ0n) is 10.7. The van der Waals surface area contributed by atoms with Gasteiger partial charge in [0.1, 0.15) is 6.26 Å². The molecule has 1 aromatic heterocycles. The molecular weight excluding hydrogens is 248 g/mol. The number of aromatic nitrogens is 1. The lowest BCUT2D eigenvalue weighted by atomic mass is 9.94. The molecule has 0 bridgehead atoms. The number of hydrogen-bond donors (Lipinski definition) is 2. The van der Waals surface area contributed by atoms with Crippen LogP contribution in [0.2, 0.25) is 0 Å². The number of rotatable bonds is 4. The van der Waals surface area contributed by atoms with Gasteiger partial charge in [-0.25, -0.2) is 0 Å². The fourth-order valence-corrected chi connectivity index (χ4v) is 2.53. The van der Waals surface area contributed by atoms with Crippen molar-refractivity contribution >= 4 is 11.9 Å². The van der Waals surface area contributed by atoms with Crippen LogP contribution in [0.25, 0.3) is 0 Å². The molecule has 1 aliphatic rings. The Balaban J connectivity index is 1.94. The van der Waals surface area contributed by atoms with Crippen LogP contribution in [0.4, 0.5) is 0 Å². The smallest absolute Gasteiger partial charge is 0.308 e. The van der Waals surface area contributed by atoms with Gasteiger partial charge in [-0.05, 0) is 12.8 Å². The summed E-state index contributed by atoms with van der Waals surface area (Å²) in [4.78, 5) is 23.1. The van der Waals surface area contributed by atoms with Gasteiger partial charge in [0.15, 0.2) is 0 Å². The molecule has 0 saturated heterocycles. The van der Waals surface area contributed by atoms with Crippen LogP contribution in [0.3, 0.4) is 0 Å². The maximum atomic E-state index is 11.9. The van der Waals surface area contributed by atoms with E-state index >= 15 is 0 Å². The van der Waals surface area contributed by atoms with Gasteiger partial charge in [-0.3, -0.25) is 9.59 Å². The number of carboxylic acids is 1. The van der Waals surface area contributed by atoms with Crippen LogP contribution in [-0.2, 0) is 16.0 Å². The normalized spacial score (nSPS) is 23.6. The standard InChI is InChI=1S/C13H18N2O4/c16-12(8-9-6-7-19-15-9)14-11-5-3-1-2-4-10(11)13(17)18/h6-7,10-11H,1-5,8H2,(H,14,16)(H,17,18)/t10-,11+/m1/s1. The molecule has 6 nitrogen and oxygen atoms in total. The van der Waals surface area contributed by atoms with Gasteiger partial charge >= 0.3 is 5.97 Å².